The highest BCUT2D eigenvalue weighted by atomic mass is 16.3. The van der Waals surface area contributed by atoms with Crippen LogP contribution in [-0.4, -0.2) is 15.8 Å². The van der Waals surface area contributed by atoms with E-state index in [9.17, 15) is 10.2 Å². The smallest absolute Gasteiger partial charge is 0.115 e. The molecule has 1 atom stereocenters. The van der Waals surface area contributed by atoms with E-state index in [0.717, 1.165) is 50.1 Å². The molecule has 0 bridgehead atoms. The number of rotatable bonds is 6. The summed E-state index contributed by atoms with van der Waals surface area (Å²) in [6, 6.07) is 46.4. The van der Waals surface area contributed by atoms with Crippen molar-refractivity contribution in [1.29, 1.82) is 0 Å². The molecular weight excluding hydrogens is 488 g/mol. The highest BCUT2D eigenvalue weighted by Gasteiger charge is 2.34. The number of phenols is 1. The quantitative estimate of drug-likeness (QED) is 0.221. The fourth-order valence-corrected chi connectivity index (χ4v) is 5.42. The van der Waals surface area contributed by atoms with Gasteiger partial charge in [-0.25, -0.2) is 0 Å². The summed E-state index contributed by atoms with van der Waals surface area (Å²) < 4.78 is 0. The van der Waals surface area contributed by atoms with E-state index in [1.54, 1.807) is 12.1 Å². The Kier molecular flexibility index (Phi) is 7.01. The summed E-state index contributed by atoms with van der Waals surface area (Å²) >= 11 is 0. The van der Waals surface area contributed by atoms with Crippen LogP contribution in [0.4, 0.5) is 0 Å². The molecule has 0 spiro atoms. The van der Waals surface area contributed by atoms with Gasteiger partial charge in [0.1, 0.15) is 11.4 Å². The van der Waals surface area contributed by atoms with E-state index in [-0.39, 0.29) is 5.75 Å². The molecule has 0 saturated heterocycles. The normalized spacial score (nSPS) is 16.3. The lowest BCUT2D eigenvalue weighted by atomic mass is 9.75. The summed E-state index contributed by atoms with van der Waals surface area (Å²) in [4.78, 5) is 0. The zero-order valence-corrected chi connectivity index (χ0v) is 22.1. The Labute approximate surface area is 235 Å². The van der Waals surface area contributed by atoms with Crippen molar-refractivity contribution >= 4 is 16.7 Å². The Bertz CT molecular complexity index is 1640. The summed E-state index contributed by atoms with van der Waals surface area (Å²) in [6.45, 7) is 0. The number of hydrogen-bond donors (Lipinski definition) is 2. The minimum absolute atomic E-state index is 0.246. The first-order chi connectivity index (χ1) is 19.6. The zero-order valence-electron chi connectivity index (χ0n) is 22.1. The van der Waals surface area contributed by atoms with Crippen molar-refractivity contribution in [1.82, 2.24) is 0 Å². The fraction of sp³-hybridized carbons (Fsp3) is 0.0526. The van der Waals surface area contributed by atoms with E-state index in [1.807, 2.05) is 78.9 Å². The first-order valence-corrected chi connectivity index (χ1v) is 13.5. The van der Waals surface area contributed by atoms with Crippen LogP contribution in [0.2, 0.25) is 0 Å². The molecule has 5 aromatic rings. The first kappa shape index (κ1) is 25.4. The van der Waals surface area contributed by atoms with Crippen molar-refractivity contribution in [2.75, 3.05) is 0 Å². The molecule has 1 unspecified atom stereocenters. The van der Waals surface area contributed by atoms with E-state index in [4.69, 9.17) is 0 Å². The van der Waals surface area contributed by atoms with Crippen LogP contribution in [0.15, 0.2) is 158 Å². The van der Waals surface area contributed by atoms with Crippen molar-refractivity contribution in [3.63, 3.8) is 0 Å². The van der Waals surface area contributed by atoms with Crippen LogP contribution >= 0.6 is 0 Å². The third-order valence-corrected chi connectivity index (χ3v) is 7.46. The number of benzene rings is 5. The van der Waals surface area contributed by atoms with Crippen LogP contribution in [0, 0.1) is 0 Å². The molecule has 1 aliphatic carbocycles. The molecule has 6 rings (SSSR count). The van der Waals surface area contributed by atoms with E-state index in [0.29, 0.717) is 6.42 Å². The Morgan fingerprint density at radius 3 is 1.52 bits per heavy atom. The maximum atomic E-state index is 12.4. The van der Waals surface area contributed by atoms with Crippen molar-refractivity contribution in [2.45, 2.75) is 12.0 Å². The van der Waals surface area contributed by atoms with Crippen molar-refractivity contribution in [3.8, 4) is 16.9 Å². The van der Waals surface area contributed by atoms with Gasteiger partial charge in [-0.1, -0.05) is 140 Å². The van der Waals surface area contributed by atoms with Crippen molar-refractivity contribution in [2.24, 2.45) is 0 Å². The van der Waals surface area contributed by atoms with Gasteiger partial charge in [-0.2, -0.15) is 0 Å². The number of aromatic hydroxyl groups is 1. The summed E-state index contributed by atoms with van der Waals surface area (Å²) in [6.07, 6.45) is 6.57. The van der Waals surface area contributed by atoms with E-state index in [2.05, 4.69) is 66.7 Å². The minimum Gasteiger partial charge on any atom is -0.508 e. The monoisotopic (exact) mass is 518 g/mol. The average molecular weight is 519 g/mol. The maximum Gasteiger partial charge on any atom is 0.115 e. The zero-order chi connectivity index (χ0) is 27.4. The molecule has 0 saturated carbocycles. The van der Waals surface area contributed by atoms with E-state index in [1.165, 1.54) is 0 Å². The third kappa shape index (κ3) is 5.18. The second kappa shape index (κ2) is 11.1. The van der Waals surface area contributed by atoms with Gasteiger partial charge in [-0.3, -0.25) is 0 Å². The summed E-state index contributed by atoms with van der Waals surface area (Å²) in [7, 11) is 0. The first-order valence-electron chi connectivity index (χ1n) is 13.5. The van der Waals surface area contributed by atoms with Crippen LogP contribution in [0.5, 0.6) is 5.75 Å². The second-order valence-corrected chi connectivity index (χ2v) is 10.1. The topological polar surface area (TPSA) is 40.5 Å². The number of phenolic OH excluding ortho intramolecular Hbond substituents is 1. The van der Waals surface area contributed by atoms with Gasteiger partial charge in [-0.05, 0) is 62.7 Å². The highest BCUT2D eigenvalue weighted by Crippen LogP contribution is 2.44. The lowest BCUT2D eigenvalue weighted by Gasteiger charge is -2.33. The van der Waals surface area contributed by atoms with Gasteiger partial charge < -0.3 is 10.2 Å². The summed E-state index contributed by atoms with van der Waals surface area (Å²) in [5.74, 6) is 0.246. The molecule has 0 fully saturated rings. The van der Waals surface area contributed by atoms with E-state index >= 15 is 0 Å². The van der Waals surface area contributed by atoms with Gasteiger partial charge in [0, 0.05) is 12.0 Å². The molecule has 1 aliphatic rings. The molecule has 0 heterocycles. The number of hydrogen-bond acceptors (Lipinski definition) is 2. The predicted octanol–water partition coefficient (Wildman–Crippen LogP) is 8.79. The van der Waals surface area contributed by atoms with Crippen LogP contribution in [-0.2, 0) is 0 Å². The Morgan fingerprint density at radius 1 is 0.525 bits per heavy atom. The van der Waals surface area contributed by atoms with Crippen molar-refractivity contribution < 1.29 is 10.2 Å². The molecule has 40 heavy (non-hydrogen) atoms. The Balaban J connectivity index is 1.53. The standard InChI is InChI=1S/C38H30O2/c39-35-22-20-30(21-23-35)29-16-18-34(19-17-29)37(36(32-12-6-2-7-13-32)33-14-8-3-9-15-33)38(40)26-24-31(25-27-38)28-10-4-1-5-11-28/h1-26,39-40H,27H2. The van der Waals surface area contributed by atoms with Crippen LogP contribution in [0.1, 0.15) is 28.7 Å². The molecule has 194 valence electrons. The third-order valence-electron chi connectivity index (χ3n) is 7.46. The maximum absolute atomic E-state index is 12.4. The van der Waals surface area contributed by atoms with Gasteiger partial charge in [0.15, 0.2) is 0 Å². The Hall–Kier alpha value is -4.92. The van der Waals surface area contributed by atoms with Crippen LogP contribution in [0.25, 0.3) is 27.8 Å². The SMILES string of the molecule is Oc1ccc(-c2ccc(C(=C(c3ccccc3)c3ccccc3)C3(O)C=CC(c4ccccc4)=CC3)cc2)cc1. The molecule has 0 aromatic heterocycles. The lowest BCUT2D eigenvalue weighted by Crippen LogP contribution is -2.30. The molecule has 0 aliphatic heterocycles. The number of allylic oxidation sites excluding steroid dienone is 2. The molecule has 2 heteroatoms. The molecule has 5 aromatic carbocycles. The van der Waals surface area contributed by atoms with Crippen molar-refractivity contribution in [3.05, 3.63) is 180 Å². The van der Waals surface area contributed by atoms with E-state index < -0.39 is 5.60 Å². The number of aliphatic hydroxyl groups is 1. The highest BCUT2D eigenvalue weighted by molar-refractivity contribution is 6.02. The molecular formula is C38H30O2. The molecule has 2 nitrogen and oxygen atoms in total. The summed E-state index contributed by atoms with van der Waals surface area (Å²) in [5, 5.41) is 22.2. The summed E-state index contributed by atoms with van der Waals surface area (Å²) in [5.41, 5.74) is 7.99. The molecule has 2 N–H and O–H groups in total. The molecule has 0 amide bonds. The van der Waals surface area contributed by atoms with Gasteiger partial charge in [0.2, 0.25) is 0 Å². The Morgan fingerprint density at radius 2 is 1.02 bits per heavy atom. The molecule has 0 radical (unpaired) electrons. The van der Waals surface area contributed by atoms with Crippen LogP contribution < -0.4 is 0 Å². The minimum atomic E-state index is -1.22. The van der Waals surface area contributed by atoms with Crippen LogP contribution in [0.3, 0.4) is 0 Å². The second-order valence-electron chi connectivity index (χ2n) is 10.1. The fourth-order valence-electron chi connectivity index (χ4n) is 5.42. The average Bonchev–Trinajstić information content (AvgIpc) is 3.02. The largest absolute Gasteiger partial charge is 0.508 e. The lowest BCUT2D eigenvalue weighted by molar-refractivity contribution is 0.156. The van der Waals surface area contributed by atoms with Gasteiger partial charge >= 0.3 is 0 Å². The predicted molar refractivity (Wildman–Crippen MR) is 165 cm³/mol. The van der Waals surface area contributed by atoms with Gasteiger partial charge in [0.05, 0.1) is 0 Å². The van der Waals surface area contributed by atoms with Gasteiger partial charge in [0.25, 0.3) is 0 Å². The van der Waals surface area contributed by atoms with Gasteiger partial charge in [-0.15, -0.1) is 0 Å².